The van der Waals surface area contributed by atoms with Crippen molar-refractivity contribution in [1.82, 2.24) is 9.97 Å². The van der Waals surface area contributed by atoms with Crippen LogP contribution in [-0.4, -0.2) is 41.2 Å². The molecule has 0 saturated heterocycles. The molecule has 6 N–H and O–H groups in total. The fourth-order valence-corrected chi connectivity index (χ4v) is 3.08. The van der Waals surface area contributed by atoms with Crippen molar-refractivity contribution in [2.45, 2.75) is 6.92 Å². The lowest BCUT2D eigenvalue weighted by molar-refractivity contribution is 0.0694. The van der Waals surface area contributed by atoms with Crippen molar-refractivity contribution in [2.24, 2.45) is 0 Å². The van der Waals surface area contributed by atoms with Gasteiger partial charge in [-0.15, -0.1) is 0 Å². The number of aromatic nitrogens is 2. The van der Waals surface area contributed by atoms with Gasteiger partial charge in [0, 0.05) is 25.0 Å². The molecule has 9 nitrogen and oxygen atoms in total. The second-order valence-electron chi connectivity index (χ2n) is 6.21. The number of carbonyl (C=O) groups is 1. The van der Waals surface area contributed by atoms with Gasteiger partial charge in [0.15, 0.2) is 11.6 Å². The zero-order valence-corrected chi connectivity index (χ0v) is 15.8. The van der Waals surface area contributed by atoms with E-state index in [4.69, 9.17) is 10.5 Å². The Morgan fingerprint density at radius 3 is 2.69 bits per heavy atom. The summed E-state index contributed by atoms with van der Waals surface area (Å²) in [4.78, 5) is 30.9. The zero-order chi connectivity index (χ0) is 21.1. The number of halogens is 1. The van der Waals surface area contributed by atoms with Gasteiger partial charge in [0.1, 0.15) is 17.1 Å². The Morgan fingerprint density at radius 1 is 1.34 bits per heavy atom. The number of methoxy groups -OCH3 is 1. The van der Waals surface area contributed by atoms with Crippen LogP contribution in [0, 0.1) is 12.7 Å². The van der Waals surface area contributed by atoms with Crippen LogP contribution >= 0.6 is 0 Å². The quantitative estimate of drug-likeness (QED) is 0.299. The van der Waals surface area contributed by atoms with Gasteiger partial charge in [-0.2, -0.15) is 0 Å². The van der Waals surface area contributed by atoms with Crippen molar-refractivity contribution in [3.05, 3.63) is 51.7 Å². The molecule has 0 atom stereocenters. The highest BCUT2D eigenvalue weighted by Crippen LogP contribution is 2.38. The average molecular weight is 401 g/mol. The number of aromatic amines is 1. The third-order valence-corrected chi connectivity index (χ3v) is 4.39. The van der Waals surface area contributed by atoms with Crippen LogP contribution < -0.4 is 26.5 Å². The number of nitrogens with zero attached hydrogens (tertiary/aromatic N) is 1. The third-order valence-electron chi connectivity index (χ3n) is 4.39. The number of carboxylic acid groups (broad SMARTS) is 1. The molecule has 2 aromatic heterocycles. The molecule has 3 rings (SSSR count). The molecule has 3 aromatic rings. The average Bonchev–Trinajstić information content (AvgIpc) is 2.69. The van der Waals surface area contributed by atoms with Crippen LogP contribution in [-0.2, 0) is 0 Å². The van der Waals surface area contributed by atoms with E-state index < -0.39 is 28.5 Å². The van der Waals surface area contributed by atoms with E-state index in [-0.39, 0.29) is 28.0 Å². The van der Waals surface area contributed by atoms with Crippen LogP contribution in [0.5, 0.6) is 5.75 Å². The Balaban J connectivity index is 2.00. The maximum atomic E-state index is 14.9. The third kappa shape index (κ3) is 3.64. The second kappa shape index (κ2) is 8.05. The number of nitrogens with one attached hydrogen (secondary N) is 3. The lowest BCUT2D eigenvalue weighted by atomic mass is 10.0. The molecule has 0 radical (unpaired) electrons. The molecule has 0 spiro atoms. The summed E-state index contributed by atoms with van der Waals surface area (Å²) in [7, 11) is 1.32. The van der Waals surface area contributed by atoms with Crippen LogP contribution in [0.4, 0.5) is 21.6 Å². The van der Waals surface area contributed by atoms with Gasteiger partial charge in [0.2, 0.25) is 5.43 Å². The number of ether oxygens (including phenoxy) is 1. The fraction of sp³-hybridized carbons (Fsp3) is 0.211. The monoisotopic (exact) mass is 401 g/mol. The molecule has 0 amide bonds. The molecule has 152 valence electrons. The molecule has 0 fully saturated rings. The topological polar surface area (TPSA) is 142 Å². The molecule has 0 aliphatic carbocycles. The van der Waals surface area contributed by atoms with Gasteiger partial charge in [0.25, 0.3) is 0 Å². The molecule has 0 bridgehead atoms. The smallest absolute Gasteiger partial charge is 0.341 e. The number of rotatable bonds is 7. The Kier molecular flexibility index (Phi) is 5.53. The standard InChI is InChI=1S/C19H20FN5O4/c1-9-11(19(27)28)17(26)12-14(21)13(20)16(18(29-2)15(12)25-9)24-8-7-23-10-5-3-4-6-22-10/h3-6,24H,7-8,21H2,1-2H3,(H,22,23)(H,25,26)(H,27,28). The molecule has 0 aliphatic rings. The van der Waals surface area contributed by atoms with Crippen LogP contribution in [0.15, 0.2) is 29.2 Å². The summed E-state index contributed by atoms with van der Waals surface area (Å²) in [5.41, 5.74) is 4.23. The summed E-state index contributed by atoms with van der Waals surface area (Å²) < 4.78 is 20.3. The first-order chi connectivity index (χ1) is 13.9. The highest BCUT2D eigenvalue weighted by atomic mass is 19.1. The highest BCUT2D eigenvalue weighted by molar-refractivity contribution is 6.03. The van der Waals surface area contributed by atoms with Crippen molar-refractivity contribution in [1.29, 1.82) is 0 Å². The first kappa shape index (κ1) is 19.9. The van der Waals surface area contributed by atoms with Gasteiger partial charge >= 0.3 is 5.97 Å². The van der Waals surface area contributed by atoms with Gasteiger partial charge in [0.05, 0.1) is 23.7 Å². The van der Waals surface area contributed by atoms with E-state index in [2.05, 4.69) is 20.6 Å². The van der Waals surface area contributed by atoms with Crippen LogP contribution in [0.1, 0.15) is 16.1 Å². The number of benzene rings is 1. The minimum atomic E-state index is -1.42. The van der Waals surface area contributed by atoms with Crippen molar-refractivity contribution in [2.75, 3.05) is 36.6 Å². The zero-order valence-electron chi connectivity index (χ0n) is 15.8. The maximum Gasteiger partial charge on any atom is 0.341 e. The van der Waals surface area contributed by atoms with Gasteiger partial charge in [-0.25, -0.2) is 14.2 Å². The number of H-pyrrole nitrogens is 1. The summed E-state index contributed by atoms with van der Waals surface area (Å²) in [6.07, 6.45) is 1.65. The number of carboxylic acids is 1. The molecule has 0 aliphatic heterocycles. The van der Waals surface area contributed by atoms with E-state index in [0.29, 0.717) is 18.9 Å². The lowest BCUT2D eigenvalue weighted by Crippen LogP contribution is -2.21. The number of nitrogen functional groups attached to an aromatic ring is 1. The number of pyridine rings is 2. The summed E-state index contributed by atoms with van der Waals surface area (Å²) in [6.45, 7) is 2.16. The molecule has 29 heavy (non-hydrogen) atoms. The number of nitrogens with two attached hydrogens (primary N) is 1. The highest BCUT2D eigenvalue weighted by Gasteiger charge is 2.25. The molecular weight excluding hydrogens is 381 g/mol. The summed E-state index contributed by atoms with van der Waals surface area (Å²) in [5, 5.41) is 15.0. The van der Waals surface area contributed by atoms with E-state index in [0.717, 1.165) is 0 Å². The van der Waals surface area contributed by atoms with Crippen LogP contribution in [0.3, 0.4) is 0 Å². The molecule has 0 saturated carbocycles. The first-order valence-corrected chi connectivity index (χ1v) is 8.70. The number of hydrogen-bond acceptors (Lipinski definition) is 7. The maximum absolute atomic E-state index is 14.9. The summed E-state index contributed by atoms with van der Waals surface area (Å²) in [6, 6.07) is 5.42. The number of anilines is 3. The summed E-state index contributed by atoms with van der Waals surface area (Å²) in [5.74, 6) is -1.62. The van der Waals surface area contributed by atoms with E-state index in [1.54, 1.807) is 18.3 Å². The number of hydrogen-bond donors (Lipinski definition) is 5. The Bertz CT molecular complexity index is 1130. The first-order valence-electron chi connectivity index (χ1n) is 8.70. The van der Waals surface area contributed by atoms with Gasteiger partial charge in [-0.3, -0.25) is 4.79 Å². The minimum absolute atomic E-state index is 0.0292. The van der Waals surface area contributed by atoms with Crippen LogP contribution in [0.25, 0.3) is 10.9 Å². The van der Waals surface area contributed by atoms with Crippen molar-refractivity contribution < 1.29 is 19.0 Å². The fourth-order valence-electron chi connectivity index (χ4n) is 3.08. The van der Waals surface area contributed by atoms with E-state index in [9.17, 15) is 19.1 Å². The Labute approximate surface area is 164 Å². The van der Waals surface area contributed by atoms with Gasteiger partial charge < -0.3 is 31.2 Å². The Morgan fingerprint density at radius 2 is 2.07 bits per heavy atom. The minimum Gasteiger partial charge on any atom is -0.492 e. The SMILES string of the molecule is COc1c(NCCNc2ccccn2)c(F)c(N)c2c(=O)c(C(=O)O)c(C)[nH]c12. The van der Waals surface area contributed by atoms with Gasteiger partial charge in [-0.1, -0.05) is 6.07 Å². The molecule has 2 heterocycles. The second-order valence-corrected chi connectivity index (χ2v) is 6.21. The van der Waals surface area contributed by atoms with E-state index in [1.807, 2.05) is 6.07 Å². The number of aromatic carboxylic acids is 1. The van der Waals surface area contributed by atoms with E-state index >= 15 is 0 Å². The van der Waals surface area contributed by atoms with Crippen molar-refractivity contribution in [3.63, 3.8) is 0 Å². The molecule has 0 unspecified atom stereocenters. The van der Waals surface area contributed by atoms with Crippen molar-refractivity contribution in [3.8, 4) is 5.75 Å². The normalized spacial score (nSPS) is 10.7. The Hall–Kier alpha value is -3.82. The number of fused-ring (bicyclic) bond motifs is 1. The largest absolute Gasteiger partial charge is 0.492 e. The van der Waals surface area contributed by atoms with Gasteiger partial charge in [-0.05, 0) is 19.1 Å². The molecule has 10 heteroatoms. The van der Waals surface area contributed by atoms with E-state index in [1.165, 1.54) is 14.0 Å². The number of aryl methyl sites for hydroxylation is 1. The predicted molar refractivity (Wildman–Crippen MR) is 108 cm³/mol. The van der Waals surface area contributed by atoms with Crippen LogP contribution in [0.2, 0.25) is 0 Å². The lowest BCUT2D eigenvalue weighted by Gasteiger charge is -2.18. The predicted octanol–water partition coefficient (Wildman–Crippen LogP) is 2.18. The molecule has 1 aromatic carbocycles. The van der Waals surface area contributed by atoms with Crippen molar-refractivity contribution >= 4 is 34.1 Å². The molecular formula is C19H20FN5O4. The summed E-state index contributed by atoms with van der Waals surface area (Å²) >= 11 is 0.